The van der Waals surface area contributed by atoms with Gasteiger partial charge in [0.25, 0.3) is 5.91 Å². The number of aryl methyl sites for hydroxylation is 2. The lowest BCUT2D eigenvalue weighted by Gasteiger charge is -2.15. The van der Waals surface area contributed by atoms with Crippen LogP contribution in [0.15, 0.2) is 18.3 Å². The average Bonchev–Trinajstić information content (AvgIpc) is 3.10. The summed E-state index contributed by atoms with van der Waals surface area (Å²) in [5.41, 5.74) is 2.45. The molecule has 0 aromatic carbocycles. The van der Waals surface area contributed by atoms with Crippen molar-refractivity contribution in [1.29, 1.82) is 0 Å². The van der Waals surface area contributed by atoms with E-state index in [2.05, 4.69) is 27.4 Å². The van der Waals surface area contributed by atoms with E-state index in [0.717, 1.165) is 30.0 Å². The van der Waals surface area contributed by atoms with Gasteiger partial charge in [-0.05, 0) is 44.2 Å². The van der Waals surface area contributed by atoms with Gasteiger partial charge in [0.15, 0.2) is 10.8 Å². The molecule has 1 aliphatic rings. The fraction of sp³-hybridized carbons (Fsp3) is 0.375. The summed E-state index contributed by atoms with van der Waals surface area (Å²) in [6, 6.07) is 3.55. The Morgan fingerprint density at radius 2 is 2.26 bits per heavy atom. The number of nitrogens with one attached hydrogen (secondary N) is 1. The van der Waals surface area contributed by atoms with Crippen LogP contribution in [0.1, 0.15) is 40.1 Å². The summed E-state index contributed by atoms with van der Waals surface area (Å²) in [4.78, 5) is 18.4. The molecule has 1 aliphatic carbocycles. The third kappa shape index (κ3) is 2.61. The summed E-state index contributed by atoms with van der Waals surface area (Å²) < 4.78 is 1.81. The smallest absolute Gasteiger partial charge is 0.258 e. The fourth-order valence-electron chi connectivity index (χ4n) is 2.90. The molecule has 4 rings (SSSR count). The molecule has 0 unspecified atom stereocenters. The number of pyridine rings is 1. The zero-order valence-corrected chi connectivity index (χ0v) is 13.9. The highest BCUT2D eigenvalue weighted by molar-refractivity contribution is 7.15. The van der Waals surface area contributed by atoms with E-state index in [1.54, 1.807) is 29.7 Å². The van der Waals surface area contributed by atoms with Crippen LogP contribution >= 0.6 is 11.3 Å². The highest BCUT2D eigenvalue weighted by Crippen LogP contribution is 2.32. The average molecular weight is 327 g/mol. The Morgan fingerprint density at radius 3 is 3.13 bits per heavy atom. The quantitative estimate of drug-likeness (QED) is 0.785. The van der Waals surface area contributed by atoms with E-state index in [1.807, 2.05) is 11.3 Å². The molecule has 23 heavy (non-hydrogen) atoms. The monoisotopic (exact) mass is 327 g/mol. The molecule has 0 aliphatic heterocycles. The van der Waals surface area contributed by atoms with Gasteiger partial charge in [-0.2, -0.15) is 0 Å². The molecule has 3 heterocycles. The zero-order chi connectivity index (χ0) is 16.0. The minimum atomic E-state index is -0.154. The van der Waals surface area contributed by atoms with Crippen LogP contribution in [0.3, 0.4) is 0 Å². The molecular formula is C16H17N5OS. The van der Waals surface area contributed by atoms with Crippen molar-refractivity contribution in [3.05, 3.63) is 40.3 Å². The van der Waals surface area contributed by atoms with Crippen LogP contribution in [0.5, 0.6) is 0 Å². The van der Waals surface area contributed by atoms with Crippen LogP contribution in [0.25, 0.3) is 5.65 Å². The molecule has 0 fully saturated rings. The van der Waals surface area contributed by atoms with Crippen molar-refractivity contribution in [2.75, 3.05) is 5.32 Å². The number of carbonyl (C=O) groups excluding carboxylic acids is 1. The van der Waals surface area contributed by atoms with E-state index in [9.17, 15) is 4.79 Å². The zero-order valence-electron chi connectivity index (χ0n) is 13.0. The molecule has 0 radical (unpaired) electrons. The van der Waals surface area contributed by atoms with Crippen LogP contribution in [-0.2, 0) is 12.8 Å². The predicted octanol–water partition coefficient (Wildman–Crippen LogP) is 2.87. The van der Waals surface area contributed by atoms with Gasteiger partial charge in [0.05, 0.1) is 11.3 Å². The van der Waals surface area contributed by atoms with Crippen LogP contribution < -0.4 is 5.32 Å². The number of carbonyl (C=O) groups is 1. The second-order valence-corrected chi connectivity index (χ2v) is 7.17. The van der Waals surface area contributed by atoms with Gasteiger partial charge in [-0.1, -0.05) is 6.92 Å². The molecule has 1 N–H and O–H groups in total. The van der Waals surface area contributed by atoms with Gasteiger partial charge in [-0.15, -0.1) is 21.5 Å². The molecule has 1 atom stereocenters. The molecule has 0 saturated heterocycles. The van der Waals surface area contributed by atoms with Gasteiger partial charge in [-0.25, -0.2) is 4.98 Å². The standard InChI is InChI=1S/C16H17N5OS/c1-9-3-5-12-13(7-9)23-16(17-12)18-15(22)11-4-6-14-20-19-10(2)21(14)8-11/h4,6,8-9H,3,5,7H2,1-2H3,(H,17,18,22)/t9-/m0/s1. The van der Waals surface area contributed by atoms with Gasteiger partial charge < -0.3 is 0 Å². The first kappa shape index (κ1) is 14.3. The third-order valence-corrected chi connectivity index (χ3v) is 5.28. The highest BCUT2D eigenvalue weighted by Gasteiger charge is 2.20. The Hall–Kier alpha value is -2.28. The molecule has 0 spiro atoms. The topological polar surface area (TPSA) is 72.2 Å². The second-order valence-electron chi connectivity index (χ2n) is 6.08. The third-order valence-electron chi connectivity index (χ3n) is 4.24. The molecule has 0 saturated carbocycles. The maximum Gasteiger partial charge on any atom is 0.258 e. The molecule has 6 nitrogen and oxygen atoms in total. The van der Waals surface area contributed by atoms with Crippen molar-refractivity contribution >= 4 is 28.0 Å². The SMILES string of the molecule is Cc1nnc2ccc(C(=O)Nc3nc4c(s3)C[C@@H](C)CC4)cn12. The Kier molecular flexibility index (Phi) is 3.37. The summed E-state index contributed by atoms with van der Waals surface area (Å²) in [6.07, 6.45) is 5.01. The molecule has 3 aromatic rings. The van der Waals surface area contributed by atoms with E-state index in [1.165, 1.54) is 11.3 Å². The van der Waals surface area contributed by atoms with Gasteiger partial charge in [-0.3, -0.25) is 14.5 Å². The number of aromatic nitrogens is 4. The Balaban J connectivity index is 1.58. The van der Waals surface area contributed by atoms with Crippen molar-refractivity contribution in [3.8, 4) is 0 Å². The Bertz CT molecular complexity index is 897. The normalized spacial score (nSPS) is 17.2. The predicted molar refractivity (Wildman–Crippen MR) is 89.0 cm³/mol. The summed E-state index contributed by atoms with van der Waals surface area (Å²) >= 11 is 1.60. The minimum Gasteiger partial charge on any atom is -0.298 e. The number of amides is 1. The minimum absolute atomic E-state index is 0.154. The maximum absolute atomic E-state index is 12.5. The van der Waals surface area contributed by atoms with E-state index in [-0.39, 0.29) is 5.91 Å². The molecule has 3 aromatic heterocycles. The Morgan fingerprint density at radius 1 is 1.39 bits per heavy atom. The first-order chi connectivity index (χ1) is 11.1. The van der Waals surface area contributed by atoms with E-state index < -0.39 is 0 Å². The van der Waals surface area contributed by atoms with Gasteiger partial charge in [0, 0.05) is 11.1 Å². The number of fused-ring (bicyclic) bond motifs is 2. The van der Waals surface area contributed by atoms with Crippen molar-refractivity contribution < 1.29 is 4.79 Å². The van der Waals surface area contributed by atoms with Crippen LogP contribution in [0.2, 0.25) is 0 Å². The van der Waals surface area contributed by atoms with Crippen LogP contribution in [0, 0.1) is 12.8 Å². The second kappa shape index (κ2) is 5.42. The van der Waals surface area contributed by atoms with Crippen molar-refractivity contribution in [3.63, 3.8) is 0 Å². The number of anilines is 1. The summed E-state index contributed by atoms with van der Waals surface area (Å²) in [5.74, 6) is 1.30. The van der Waals surface area contributed by atoms with Crippen molar-refractivity contribution in [2.24, 2.45) is 5.92 Å². The van der Waals surface area contributed by atoms with Crippen molar-refractivity contribution in [2.45, 2.75) is 33.1 Å². The Labute approximate surface area is 137 Å². The van der Waals surface area contributed by atoms with Gasteiger partial charge in [0.2, 0.25) is 0 Å². The first-order valence-electron chi connectivity index (χ1n) is 7.71. The number of nitrogens with zero attached hydrogens (tertiary/aromatic N) is 4. The largest absolute Gasteiger partial charge is 0.298 e. The summed E-state index contributed by atoms with van der Waals surface area (Å²) in [5, 5.41) is 11.6. The molecule has 1 amide bonds. The van der Waals surface area contributed by atoms with Gasteiger partial charge >= 0.3 is 0 Å². The lowest BCUT2D eigenvalue weighted by Crippen LogP contribution is -2.13. The first-order valence-corrected chi connectivity index (χ1v) is 8.53. The van der Waals surface area contributed by atoms with E-state index >= 15 is 0 Å². The van der Waals surface area contributed by atoms with E-state index in [4.69, 9.17) is 0 Å². The lowest BCUT2D eigenvalue weighted by atomic mass is 9.93. The number of rotatable bonds is 2. The van der Waals surface area contributed by atoms with Crippen molar-refractivity contribution in [1.82, 2.24) is 19.6 Å². The molecular weight excluding hydrogens is 310 g/mol. The van der Waals surface area contributed by atoms with Gasteiger partial charge in [0.1, 0.15) is 5.82 Å². The maximum atomic E-state index is 12.5. The number of thiazole rings is 1. The number of hydrogen-bond donors (Lipinski definition) is 1. The molecule has 7 heteroatoms. The van der Waals surface area contributed by atoms with E-state index in [0.29, 0.717) is 16.6 Å². The van der Waals surface area contributed by atoms with Crippen LogP contribution in [0.4, 0.5) is 5.13 Å². The molecule has 0 bridgehead atoms. The molecule has 118 valence electrons. The van der Waals surface area contributed by atoms with Crippen LogP contribution in [-0.4, -0.2) is 25.5 Å². The fourth-order valence-corrected chi connectivity index (χ4v) is 4.07. The summed E-state index contributed by atoms with van der Waals surface area (Å²) in [7, 11) is 0. The highest BCUT2D eigenvalue weighted by atomic mass is 32.1. The number of hydrogen-bond acceptors (Lipinski definition) is 5. The summed E-state index contributed by atoms with van der Waals surface area (Å²) in [6.45, 7) is 4.12. The lowest BCUT2D eigenvalue weighted by molar-refractivity contribution is 0.102.